The number of nitro benzene ring substituents is 1. The van der Waals surface area contributed by atoms with Gasteiger partial charge in [-0.3, -0.25) is 10.1 Å². The number of halogens is 3. The van der Waals surface area contributed by atoms with Crippen LogP contribution in [0.2, 0.25) is 0 Å². The van der Waals surface area contributed by atoms with Gasteiger partial charge in [-0.25, -0.2) is 13.2 Å². The van der Waals surface area contributed by atoms with Crippen LogP contribution in [0.4, 0.5) is 24.5 Å². The van der Waals surface area contributed by atoms with E-state index in [-0.39, 0.29) is 23.5 Å². The van der Waals surface area contributed by atoms with Gasteiger partial charge in [0.05, 0.1) is 16.7 Å². The van der Waals surface area contributed by atoms with Crippen molar-refractivity contribution in [2.45, 2.75) is 13.0 Å². The fourth-order valence-corrected chi connectivity index (χ4v) is 1.74. The van der Waals surface area contributed by atoms with E-state index in [2.05, 4.69) is 5.32 Å². The molecule has 0 unspecified atom stereocenters. The first-order chi connectivity index (χ1) is 9.97. The first-order valence-corrected chi connectivity index (χ1v) is 6.02. The summed E-state index contributed by atoms with van der Waals surface area (Å²) in [6.45, 7) is 0.220. The van der Waals surface area contributed by atoms with Crippen LogP contribution in [0, 0.1) is 15.9 Å². The first kappa shape index (κ1) is 14.8. The van der Waals surface area contributed by atoms with Gasteiger partial charge in [0.2, 0.25) is 0 Å². The quantitative estimate of drug-likeness (QED) is 0.661. The SMILES string of the molecule is O=[N+]([O-])c1ccc(NCc2ccc(C(F)F)cc2)c(F)c1. The Bertz CT molecular complexity index is 645. The summed E-state index contributed by atoms with van der Waals surface area (Å²) in [7, 11) is 0. The fourth-order valence-electron chi connectivity index (χ4n) is 1.74. The van der Waals surface area contributed by atoms with Crippen LogP contribution in [0.3, 0.4) is 0 Å². The standard InChI is InChI=1S/C14H11F3N2O2/c15-12-7-11(19(20)21)5-6-13(12)18-8-9-1-3-10(4-2-9)14(16)17/h1-7,14,18H,8H2. The average molecular weight is 296 g/mol. The maximum atomic E-state index is 13.6. The van der Waals surface area contributed by atoms with Crippen molar-refractivity contribution in [2.24, 2.45) is 0 Å². The van der Waals surface area contributed by atoms with Gasteiger partial charge >= 0.3 is 0 Å². The molecule has 0 radical (unpaired) electrons. The smallest absolute Gasteiger partial charge is 0.272 e. The Hall–Kier alpha value is -2.57. The molecule has 110 valence electrons. The van der Waals surface area contributed by atoms with Gasteiger partial charge in [-0.15, -0.1) is 0 Å². The number of alkyl halides is 2. The Morgan fingerprint density at radius 3 is 2.33 bits per heavy atom. The van der Waals surface area contributed by atoms with E-state index in [9.17, 15) is 23.3 Å². The van der Waals surface area contributed by atoms with Gasteiger partial charge < -0.3 is 5.32 Å². The third-order valence-electron chi connectivity index (χ3n) is 2.88. The first-order valence-electron chi connectivity index (χ1n) is 6.02. The molecule has 0 aliphatic heterocycles. The van der Waals surface area contributed by atoms with Crippen molar-refractivity contribution in [3.05, 3.63) is 69.5 Å². The minimum Gasteiger partial charge on any atom is -0.379 e. The molecule has 0 fully saturated rings. The molecule has 0 aliphatic carbocycles. The van der Waals surface area contributed by atoms with E-state index in [0.29, 0.717) is 5.56 Å². The zero-order valence-electron chi connectivity index (χ0n) is 10.7. The molecule has 0 saturated carbocycles. The minimum absolute atomic E-state index is 0.0831. The van der Waals surface area contributed by atoms with Crippen molar-refractivity contribution in [1.82, 2.24) is 0 Å². The Labute approximate surface area is 118 Å². The lowest BCUT2D eigenvalue weighted by molar-refractivity contribution is -0.385. The Balaban J connectivity index is 2.04. The van der Waals surface area contributed by atoms with Crippen molar-refractivity contribution in [3.63, 3.8) is 0 Å². The van der Waals surface area contributed by atoms with Crippen LogP contribution < -0.4 is 5.32 Å². The second kappa shape index (κ2) is 6.25. The largest absolute Gasteiger partial charge is 0.379 e. The molecule has 0 heterocycles. The van der Waals surface area contributed by atoms with Crippen LogP contribution in [0.25, 0.3) is 0 Å². The summed E-state index contributed by atoms with van der Waals surface area (Å²) in [5, 5.41) is 13.2. The summed E-state index contributed by atoms with van der Waals surface area (Å²) in [6, 6.07) is 8.89. The summed E-state index contributed by atoms with van der Waals surface area (Å²) in [5.74, 6) is -0.742. The lowest BCUT2D eigenvalue weighted by Gasteiger charge is -2.08. The third-order valence-corrected chi connectivity index (χ3v) is 2.88. The van der Waals surface area contributed by atoms with Gasteiger partial charge in [-0.1, -0.05) is 24.3 Å². The highest BCUT2D eigenvalue weighted by Crippen LogP contribution is 2.22. The van der Waals surface area contributed by atoms with Crippen molar-refractivity contribution in [2.75, 3.05) is 5.32 Å². The molecule has 7 heteroatoms. The molecule has 21 heavy (non-hydrogen) atoms. The van der Waals surface area contributed by atoms with Crippen LogP contribution in [-0.2, 0) is 6.54 Å². The predicted octanol–water partition coefficient (Wildman–Crippen LogP) is 4.28. The maximum Gasteiger partial charge on any atom is 0.272 e. The number of nitrogens with one attached hydrogen (secondary N) is 1. The van der Waals surface area contributed by atoms with Gasteiger partial charge in [0.25, 0.3) is 12.1 Å². The van der Waals surface area contributed by atoms with Gasteiger partial charge in [0.15, 0.2) is 5.82 Å². The number of benzene rings is 2. The second-order valence-corrected chi connectivity index (χ2v) is 4.32. The number of anilines is 1. The molecule has 2 rings (SSSR count). The minimum atomic E-state index is -2.53. The molecule has 0 spiro atoms. The van der Waals surface area contributed by atoms with E-state index in [1.54, 1.807) is 0 Å². The average Bonchev–Trinajstić information content (AvgIpc) is 2.46. The van der Waals surface area contributed by atoms with Crippen LogP contribution >= 0.6 is 0 Å². The molecular weight excluding hydrogens is 285 g/mol. The molecule has 0 aliphatic rings. The molecular formula is C14H11F3N2O2. The zero-order valence-corrected chi connectivity index (χ0v) is 10.7. The number of non-ortho nitro benzene ring substituents is 1. The summed E-state index contributed by atoms with van der Waals surface area (Å²) in [4.78, 5) is 9.80. The second-order valence-electron chi connectivity index (χ2n) is 4.32. The monoisotopic (exact) mass is 296 g/mol. The molecule has 4 nitrogen and oxygen atoms in total. The molecule has 0 atom stereocenters. The Morgan fingerprint density at radius 1 is 1.14 bits per heavy atom. The van der Waals surface area contributed by atoms with Gasteiger partial charge in [-0.2, -0.15) is 0 Å². The van der Waals surface area contributed by atoms with Crippen LogP contribution in [0.5, 0.6) is 0 Å². The summed E-state index contributed by atoms with van der Waals surface area (Å²) >= 11 is 0. The number of hydrogen-bond acceptors (Lipinski definition) is 3. The van der Waals surface area contributed by atoms with Crippen molar-refractivity contribution in [1.29, 1.82) is 0 Å². The number of rotatable bonds is 5. The summed E-state index contributed by atoms with van der Waals surface area (Å²) in [6.07, 6.45) is -2.53. The van der Waals surface area contributed by atoms with Crippen LogP contribution in [0.1, 0.15) is 17.6 Å². The van der Waals surface area contributed by atoms with Gasteiger partial charge in [-0.05, 0) is 11.6 Å². The maximum absolute atomic E-state index is 13.6. The predicted molar refractivity (Wildman–Crippen MR) is 71.8 cm³/mol. The zero-order chi connectivity index (χ0) is 15.4. The van der Waals surface area contributed by atoms with Crippen molar-refractivity contribution < 1.29 is 18.1 Å². The van der Waals surface area contributed by atoms with E-state index in [1.165, 1.54) is 36.4 Å². The van der Waals surface area contributed by atoms with Gasteiger partial charge in [0, 0.05) is 18.2 Å². The molecule has 0 saturated heterocycles. The van der Waals surface area contributed by atoms with Crippen LogP contribution in [-0.4, -0.2) is 4.92 Å². The summed E-state index contributed by atoms with van der Waals surface area (Å²) < 4.78 is 38.4. The number of nitrogens with zero attached hydrogens (tertiary/aromatic N) is 1. The lowest BCUT2D eigenvalue weighted by atomic mass is 10.1. The topological polar surface area (TPSA) is 55.2 Å². The number of hydrogen-bond donors (Lipinski definition) is 1. The molecule has 0 amide bonds. The van der Waals surface area contributed by atoms with E-state index in [0.717, 1.165) is 6.07 Å². The highest BCUT2D eigenvalue weighted by atomic mass is 19.3. The molecule has 2 aromatic rings. The number of nitro groups is 1. The van der Waals surface area contributed by atoms with E-state index >= 15 is 0 Å². The summed E-state index contributed by atoms with van der Waals surface area (Å²) in [5.41, 5.74) is 0.385. The van der Waals surface area contributed by atoms with E-state index < -0.39 is 17.2 Å². The van der Waals surface area contributed by atoms with E-state index in [1.807, 2.05) is 0 Å². The Kier molecular flexibility index (Phi) is 4.42. The van der Waals surface area contributed by atoms with Gasteiger partial charge in [0.1, 0.15) is 0 Å². The lowest BCUT2D eigenvalue weighted by Crippen LogP contribution is -2.02. The Morgan fingerprint density at radius 2 is 1.81 bits per heavy atom. The molecule has 0 bridgehead atoms. The van der Waals surface area contributed by atoms with Crippen LogP contribution in [0.15, 0.2) is 42.5 Å². The van der Waals surface area contributed by atoms with Crippen molar-refractivity contribution >= 4 is 11.4 Å². The molecule has 0 aromatic heterocycles. The molecule has 2 aromatic carbocycles. The highest BCUT2D eigenvalue weighted by Gasteiger charge is 2.10. The molecule has 1 N–H and O–H groups in total. The normalized spacial score (nSPS) is 10.7. The van der Waals surface area contributed by atoms with Crippen molar-refractivity contribution in [3.8, 4) is 0 Å². The van der Waals surface area contributed by atoms with E-state index in [4.69, 9.17) is 0 Å². The fraction of sp³-hybridized carbons (Fsp3) is 0.143. The third kappa shape index (κ3) is 3.71. The highest BCUT2D eigenvalue weighted by molar-refractivity contribution is 5.50.